The molecule has 6 heteroatoms. The van der Waals surface area contributed by atoms with E-state index in [2.05, 4.69) is 26.1 Å². The highest BCUT2D eigenvalue weighted by Gasteiger charge is 2.05. The maximum absolute atomic E-state index is 4.94. The number of halogens is 1. The molecule has 1 aromatic rings. The molecule has 0 aromatic carbocycles. The van der Waals surface area contributed by atoms with Crippen molar-refractivity contribution in [1.82, 2.24) is 10.2 Å². The third-order valence-electron chi connectivity index (χ3n) is 1.35. The Morgan fingerprint density at radius 1 is 1.58 bits per heavy atom. The largest absolute Gasteiger partial charge is 0.383 e. The summed E-state index contributed by atoms with van der Waals surface area (Å²) in [6.07, 6.45) is 0. The molecule has 1 rings (SSSR count). The lowest BCUT2D eigenvalue weighted by Crippen LogP contribution is -2.21. The Bertz CT molecular complexity index is 242. The number of methoxy groups -OCH3 is 1. The second-order valence-corrected chi connectivity index (χ2v) is 4.48. The van der Waals surface area contributed by atoms with E-state index >= 15 is 0 Å². The second kappa shape index (κ2) is 4.74. The summed E-state index contributed by atoms with van der Waals surface area (Å²) in [6.45, 7) is 1.53. The minimum Gasteiger partial charge on any atom is -0.383 e. The first-order valence-corrected chi connectivity index (χ1v) is 5.04. The van der Waals surface area contributed by atoms with Crippen molar-refractivity contribution in [2.45, 2.75) is 0 Å². The van der Waals surface area contributed by atoms with Crippen LogP contribution in [-0.4, -0.2) is 37.5 Å². The molecule has 0 N–H and O–H groups in total. The number of nitrogens with zero attached hydrogens (tertiary/aromatic N) is 3. The van der Waals surface area contributed by atoms with E-state index in [1.54, 1.807) is 7.11 Å². The molecule has 12 heavy (non-hydrogen) atoms. The lowest BCUT2D eigenvalue weighted by atomic mass is 10.6. The molecule has 0 saturated carbocycles. The molecule has 0 fully saturated rings. The molecular formula is C6H10BrN3OS. The van der Waals surface area contributed by atoms with E-state index in [1.165, 1.54) is 11.3 Å². The minimum absolute atomic E-state index is 0.702. The molecule has 0 spiro atoms. The maximum atomic E-state index is 4.94. The molecule has 0 aliphatic rings. The van der Waals surface area contributed by atoms with Crippen molar-refractivity contribution in [2.75, 3.05) is 32.2 Å². The summed E-state index contributed by atoms with van der Waals surface area (Å²) >= 11 is 4.77. The average Bonchev–Trinajstić information content (AvgIpc) is 2.47. The summed E-state index contributed by atoms with van der Waals surface area (Å²) in [7, 11) is 3.65. The molecule has 0 unspecified atom stereocenters. The van der Waals surface area contributed by atoms with Gasteiger partial charge in [0, 0.05) is 20.7 Å². The fourth-order valence-electron chi connectivity index (χ4n) is 0.676. The van der Waals surface area contributed by atoms with Crippen LogP contribution in [-0.2, 0) is 4.74 Å². The minimum atomic E-state index is 0.702. The summed E-state index contributed by atoms with van der Waals surface area (Å²) in [4.78, 5) is 2.01. The quantitative estimate of drug-likeness (QED) is 0.811. The van der Waals surface area contributed by atoms with Crippen LogP contribution < -0.4 is 4.90 Å². The van der Waals surface area contributed by atoms with E-state index in [0.29, 0.717) is 6.61 Å². The lowest BCUT2D eigenvalue weighted by molar-refractivity contribution is 0.206. The van der Waals surface area contributed by atoms with Gasteiger partial charge in [-0.05, 0) is 15.9 Å². The molecule has 0 bridgehead atoms. The fourth-order valence-corrected chi connectivity index (χ4v) is 1.75. The van der Waals surface area contributed by atoms with Gasteiger partial charge in [0.25, 0.3) is 0 Å². The number of anilines is 1. The zero-order valence-corrected chi connectivity index (χ0v) is 9.35. The molecule has 0 atom stereocenters. The first-order chi connectivity index (χ1) is 5.74. The SMILES string of the molecule is COCCN(C)c1nnc(Br)s1. The van der Waals surface area contributed by atoms with Gasteiger partial charge in [0.05, 0.1) is 6.61 Å². The van der Waals surface area contributed by atoms with Crippen molar-refractivity contribution in [1.29, 1.82) is 0 Å². The standard InChI is InChI=1S/C6H10BrN3OS/c1-10(3-4-11-2)6-9-8-5(7)12-6/h3-4H2,1-2H3. The summed E-state index contributed by atoms with van der Waals surface area (Å²) in [5, 5.41) is 8.71. The van der Waals surface area contributed by atoms with Crippen LogP contribution in [0.25, 0.3) is 0 Å². The molecule has 0 saturated heterocycles. The topological polar surface area (TPSA) is 38.2 Å². The van der Waals surface area contributed by atoms with Crippen molar-refractivity contribution in [3.63, 3.8) is 0 Å². The Kier molecular flexibility index (Phi) is 3.90. The Hall–Kier alpha value is -0.200. The van der Waals surface area contributed by atoms with Crippen molar-refractivity contribution < 1.29 is 4.74 Å². The van der Waals surface area contributed by atoms with Crippen LogP contribution >= 0.6 is 27.3 Å². The van der Waals surface area contributed by atoms with Crippen molar-refractivity contribution in [2.24, 2.45) is 0 Å². The van der Waals surface area contributed by atoms with E-state index in [0.717, 1.165) is 15.6 Å². The third-order valence-corrected chi connectivity index (χ3v) is 2.82. The molecule has 0 aliphatic carbocycles. The van der Waals surface area contributed by atoms with Crippen LogP contribution in [0.5, 0.6) is 0 Å². The van der Waals surface area contributed by atoms with Crippen molar-refractivity contribution >= 4 is 32.4 Å². The van der Waals surface area contributed by atoms with Gasteiger partial charge in [-0.1, -0.05) is 11.3 Å². The molecule has 0 aliphatic heterocycles. The second-order valence-electron chi connectivity index (χ2n) is 2.25. The highest BCUT2D eigenvalue weighted by atomic mass is 79.9. The molecule has 4 nitrogen and oxygen atoms in total. The van der Waals surface area contributed by atoms with Gasteiger partial charge >= 0.3 is 0 Å². The van der Waals surface area contributed by atoms with Gasteiger partial charge in [-0.15, -0.1) is 10.2 Å². The van der Waals surface area contributed by atoms with E-state index in [4.69, 9.17) is 4.74 Å². The third kappa shape index (κ3) is 2.69. The highest BCUT2D eigenvalue weighted by Crippen LogP contribution is 2.22. The number of ether oxygens (including phenoxy) is 1. The number of hydrogen-bond acceptors (Lipinski definition) is 5. The van der Waals surface area contributed by atoms with Crippen LogP contribution in [0.2, 0.25) is 0 Å². The predicted octanol–water partition coefficient (Wildman–Crippen LogP) is 1.38. The number of hydrogen-bond donors (Lipinski definition) is 0. The van der Waals surface area contributed by atoms with Crippen LogP contribution in [0.4, 0.5) is 5.13 Å². The number of rotatable bonds is 4. The molecule has 68 valence electrons. The van der Waals surface area contributed by atoms with Crippen LogP contribution in [0, 0.1) is 0 Å². The normalized spacial score (nSPS) is 10.2. The summed E-state index contributed by atoms with van der Waals surface area (Å²) in [5.41, 5.74) is 0. The summed E-state index contributed by atoms with van der Waals surface area (Å²) in [6, 6.07) is 0. The highest BCUT2D eigenvalue weighted by molar-refractivity contribution is 9.11. The zero-order valence-electron chi connectivity index (χ0n) is 6.95. The average molecular weight is 252 g/mol. The molecular weight excluding hydrogens is 242 g/mol. The number of likely N-dealkylation sites (N-methyl/N-ethyl adjacent to an activating group) is 1. The van der Waals surface area contributed by atoms with E-state index < -0.39 is 0 Å². The Labute approximate surface area is 83.7 Å². The molecule has 0 amide bonds. The summed E-state index contributed by atoms with van der Waals surface area (Å²) < 4.78 is 5.75. The van der Waals surface area contributed by atoms with Crippen molar-refractivity contribution in [3.05, 3.63) is 3.92 Å². The zero-order chi connectivity index (χ0) is 8.97. The predicted molar refractivity (Wildman–Crippen MR) is 52.8 cm³/mol. The Morgan fingerprint density at radius 3 is 2.83 bits per heavy atom. The van der Waals surface area contributed by atoms with E-state index in [1.807, 2.05) is 11.9 Å². The Balaban J connectivity index is 2.47. The molecule has 1 heterocycles. The van der Waals surface area contributed by atoms with Crippen LogP contribution in [0.15, 0.2) is 3.92 Å². The molecule has 0 radical (unpaired) electrons. The van der Waals surface area contributed by atoms with Gasteiger partial charge < -0.3 is 9.64 Å². The maximum Gasteiger partial charge on any atom is 0.208 e. The van der Waals surface area contributed by atoms with E-state index in [9.17, 15) is 0 Å². The summed E-state index contributed by atoms with van der Waals surface area (Å²) in [5.74, 6) is 0. The van der Waals surface area contributed by atoms with Gasteiger partial charge in [-0.3, -0.25) is 0 Å². The first kappa shape index (κ1) is 9.88. The smallest absolute Gasteiger partial charge is 0.208 e. The van der Waals surface area contributed by atoms with Gasteiger partial charge in [-0.2, -0.15) is 0 Å². The van der Waals surface area contributed by atoms with E-state index in [-0.39, 0.29) is 0 Å². The molecule has 1 aromatic heterocycles. The fraction of sp³-hybridized carbons (Fsp3) is 0.667. The Morgan fingerprint density at radius 2 is 2.33 bits per heavy atom. The van der Waals surface area contributed by atoms with Gasteiger partial charge in [-0.25, -0.2) is 0 Å². The van der Waals surface area contributed by atoms with Crippen LogP contribution in [0.3, 0.4) is 0 Å². The monoisotopic (exact) mass is 251 g/mol. The number of aromatic nitrogens is 2. The first-order valence-electron chi connectivity index (χ1n) is 3.43. The van der Waals surface area contributed by atoms with Gasteiger partial charge in [0.2, 0.25) is 5.13 Å². The van der Waals surface area contributed by atoms with Crippen molar-refractivity contribution in [3.8, 4) is 0 Å². The van der Waals surface area contributed by atoms with Crippen LogP contribution in [0.1, 0.15) is 0 Å². The lowest BCUT2D eigenvalue weighted by Gasteiger charge is -2.13. The van der Waals surface area contributed by atoms with Gasteiger partial charge in [0.1, 0.15) is 0 Å². The van der Waals surface area contributed by atoms with Gasteiger partial charge in [0.15, 0.2) is 3.92 Å².